The van der Waals surface area contributed by atoms with Gasteiger partial charge in [-0.1, -0.05) is 49.6 Å². The summed E-state index contributed by atoms with van der Waals surface area (Å²) in [5, 5.41) is 0. The van der Waals surface area contributed by atoms with E-state index in [1.807, 2.05) is 12.1 Å². The molecule has 0 saturated heterocycles. The zero-order chi connectivity index (χ0) is 16.6. The van der Waals surface area contributed by atoms with Gasteiger partial charge in [-0.05, 0) is 34.4 Å². The van der Waals surface area contributed by atoms with Gasteiger partial charge in [-0.2, -0.15) is 0 Å². The van der Waals surface area contributed by atoms with Crippen LogP contribution in [0.1, 0.15) is 54.8 Å². The molecular formula is C22H14O2. The standard InChI is InChI=1S/C22H14O2/c1-11-12(2)14-8-7-13(11)17-9-19-20(10-18(14)17)22(24)16-6-4-3-5-15(16)21(19)23/h3-10,13-14H,1-2H2/t13-,14+. The molecule has 0 aromatic heterocycles. The number of carbonyl (C=O) groups excluding carboxylic acids is 2. The van der Waals surface area contributed by atoms with E-state index in [0.29, 0.717) is 22.3 Å². The Morgan fingerprint density at radius 1 is 0.667 bits per heavy atom. The maximum absolute atomic E-state index is 12.9. The normalized spacial score (nSPS) is 23.2. The molecule has 0 unspecified atom stereocenters. The zero-order valence-electron chi connectivity index (χ0n) is 13.0. The minimum atomic E-state index is -0.0714. The molecule has 2 nitrogen and oxygen atoms in total. The molecule has 4 aliphatic carbocycles. The van der Waals surface area contributed by atoms with E-state index < -0.39 is 0 Å². The van der Waals surface area contributed by atoms with E-state index in [9.17, 15) is 9.59 Å². The first-order valence-electron chi connectivity index (χ1n) is 8.00. The quantitative estimate of drug-likeness (QED) is 0.579. The Kier molecular flexibility index (Phi) is 2.41. The summed E-state index contributed by atoms with van der Waals surface area (Å²) in [6, 6.07) is 10.8. The number of carbonyl (C=O) groups is 2. The topological polar surface area (TPSA) is 34.1 Å². The van der Waals surface area contributed by atoms with Crippen molar-refractivity contribution in [1.29, 1.82) is 0 Å². The summed E-state index contributed by atoms with van der Waals surface area (Å²) in [6.07, 6.45) is 4.25. The second-order valence-corrected chi connectivity index (χ2v) is 6.62. The maximum atomic E-state index is 12.9. The lowest BCUT2D eigenvalue weighted by atomic mass is 9.65. The number of hydrogen-bond donors (Lipinski definition) is 0. The highest BCUT2D eigenvalue weighted by Crippen LogP contribution is 2.51. The van der Waals surface area contributed by atoms with E-state index >= 15 is 0 Å². The van der Waals surface area contributed by atoms with Gasteiger partial charge in [0.2, 0.25) is 0 Å². The third-order valence-electron chi connectivity index (χ3n) is 5.46. The van der Waals surface area contributed by atoms with Gasteiger partial charge < -0.3 is 0 Å². The molecule has 0 spiro atoms. The van der Waals surface area contributed by atoms with Crippen LogP contribution in [-0.2, 0) is 0 Å². The Bertz CT molecular complexity index is 954. The fraction of sp³-hybridized carbons (Fsp3) is 0.0909. The molecule has 0 aliphatic heterocycles. The lowest BCUT2D eigenvalue weighted by Crippen LogP contribution is -2.26. The van der Waals surface area contributed by atoms with Crippen molar-refractivity contribution in [3.05, 3.63) is 106 Å². The van der Waals surface area contributed by atoms with Gasteiger partial charge in [0.05, 0.1) is 0 Å². The summed E-state index contributed by atoms with van der Waals surface area (Å²) in [4.78, 5) is 25.8. The summed E-state index contributed by atoms with van der Waals surface area (Å²) < 4.78 is 0. The van der Waals surface area contributed by atoms with Crippen molar-refractivity contribution < 1.29 is 9.59 Å². The molecule has 6 rings (SSSR count). The van der Waals surface area contributed by atoms with Crippen molar-refractivity contribution in [3.8, 4) is 0 Å². The largest absolute Gasteiger partial charge is 0.289 e. The van der Waals surface area contributed by atoms with Crippen LogP contribution in [-0.4, -0.2) is 11.6 Å². The maximum Gasteiger partial charge on any atom is 0.194 e. The monoisotopic (exact) mass is 310 g/mol. The predicted octanol–water partition coefficient (Wildman–Crippen LogP) is 4.33. The van der Waals surface area contributed by atoms with Crippen molar-refractivity contribution in [1.82, 2.24) is 0 Å². The molecular weight excluding hydrogens is 296 g/mol. The Hall–Kier alpha value is -3.00. The van der Waals surface area contributed by atoms with Gasteiger partial charge in [-0.15, -0.1) is 0 Å². The predicted molar refractivity (Wildman–Crippen MR) is 92.7 cm³/mol. The van der Waals surface area contributed by atoms with Crippen LogP contribution in [0.5, 0.6) is 0 Å². The van der Waals surface area contributed by atoms with Crippen molar-refractivity contribution in [2.45, 2.75) is 11.8 Å². The lowest BCUT2D eigenvalue weighted by Gasteiger charge is -2.38. The van der Waals surface area contributed by atoms with E-state index in [4.69, 9.17) is 0 Å². The lowest BCUT2D eigenvalue weighted by molar-refractivity contribution is 0.0979. The highest BCUT2D eigenvalue weighted by Gasteiger charge is 2.38. The summed E-state index contributed by atoms with van der Waals surface area (Å²) in [6.45, 7) is 8.31. The van der Waals surface area contributed by atoms with Gasteiger partial charge in [0, 0.05) is 34.1 Å². The fourth-order valence-corrected chi connectivity index (χ4v) is 4.15. The zero-order valence-corrected chi connectivity index (χ0v) is 13.0. The number of allylic oxidation sites excluding steroid dienone is 4. The van der Waals surface area contributed by atoms with Crippen LogP contribution in [0.2, 0.25) is 0 Å². The summed E-state index contributed by atoms with van der Waals surface area (Å²) in [5.41, 5.74) is 6.19. The first kappa shape index (κ1) is 13.4. The van der Waals surface area contributed by atoms with E-state index in [2.05, 4.69) is 25.3 Å². The van der Waals surface area contributed by atoms with Gasteiger partial charge >= 0.3 is 0 Å². The van der Waals surface area contributed by atoms with Crippen molar-refractivity contribution in [2.24, 2.45) is 0 Å². The minimum Gasteiger partial charge on any atom is -0.289 e. The van der Waals surface area contributed by atoms with Gasteiger partial charge in [0.15, 0.2) is 11.6 Å². The van der Waals surface area contributed by atoms with Gasteiger partial charge in [0.1, 0.15) is 0 Å². The number of fused-ring (bicyclic) bond motifs is 3. The molecule has 114 valence electrons. The van der Waals surface area contributed by atoms with Crippen LogP contribution in [0, 0.1) is 0 Å². The average Bonchev–Trinajstić information content (AvgIpc) is 2.62. The Morgan fingerprint density at radius 2 is 1.08 bits per heavy atom. The van der Waals surface area contributed by atoms with Crippen molar-refractivity contribution >= 4 is 11.6 Å². The Labute approximate surface area is 139 Å². The van der Waals surface area contributed by atoms with E-state index in [1.54, 1.807) is 24.3 Å². The van der Waals surface area contributed by atoms with Crippen LogP contribution in [0.15, 0.2) is 72.9 Å². The van der Waals surface area contributed by atoms with Gasteiger partial charge in [-0.3, -0.25) is 9.59 Å². The molecule has 2 atom stereocenters. The fourth-order valence-electron chi connectivity index (χ4n) is 4.15. The van der Waals surface area contributed by atoms with Crippen LogP contribution >= 0.6 is 0 Å². The Morgan fingerprint density at radius 3 is 1.50 bits per heavy atom. The third-order valence-corrected chi connectivity index (χ3v) is 5.46. The number of hydrogen-bond acceptors (Lipinski definition) is 2. The van der Waals surface area contributed by atoms with Crippen LogP contribution in [0.4, 0.5) is 0 Å². The molecule has 0 amide bonds. The first-order valence-corrected chi connectivity index (χ1v) is 8.00. The third kappa shape index (κ3) is 1.46. The molecule has 0 fully saturated rings. The van der Waals surface area contributed by atoms with Crippen molar-refractivity contribution in [2.75, 3.05) is 0 Å². The molecule has 2 aromatic rings. The Balaban J connectivity index is 1.80. The summed E-state index contributed by atoms with van der Waals surface area (Å²) in [5.74, 6) is -0.0264. The summed E-state index contributed by atoms with van der Waals surface area (Å²) >= 11 is 0. The first-order chi connectivity index (χ1) is 11.6. The van der Waals surface area contributed by atoms with Gasteiger partial charge in [-0.25, -0.2) is 0 Å². The minimum absolute atomic E-state index is 0.0582. The van der Waals surface area contributed by atoms with Crippen molar-refractivity contribution in [3.63, 3.8) is 0 Å². The molecule has 2 bridgehead atoms. The smallest absolute Gasteiger partial charge is 0.194 e. The summed E-state index contributed by atoms with van der Waals surface area (Å²) in [7, 11) is 0. The molecule has 4 aliphatic rings. The molecule has 2 aromatic carbocycles. The van der Waals surface area contributed by atoms with E-state index in [0.717, 1.165) is 22.3 Å². The molecule has 2 heteroatoms. The number of rotatable bonds is 0. The van der Waals surface area contributed by atoms with Crippen LogP contribution in [0.3, 0.4) is 0 Å². The molecule has 24 heavy (non-hydrogen) atoms. The van der Waals surface area contributed by atoms with Crippen LogP contribution in [0.25, 0.3) is 0 Å². The molecule has 0 saturated carbocycles. The molecule has 0 radical (unpaired) electrons. The number of benzene rings is 2. The highest BCUT2D eigenvalue weighted by atomic mass is 16.1. The average molecular weight is 310 g/mol. The second kappa shape index (κ2) is 4.30. The molecule has 0 N–H and O–H groups in total. The van der Waals surface area contributed by atoms with E-state index in [1.165, 1.54) is 0 Å². The van der Waals surface area contributed by atoms with Gasteiger partial charge in [0.25, 0.3) is 0 Å². The second-order valence-electron chi connectivity index (χ2n) is 6.62. The SMILES string of the molecule is C=C1C(=C)[C@@H]2C=C[C@H]1c1cc3c(cc12)C(=O)c1ccccc1C3=O. The number of ketones is 2. The van der Waals surface area contributed by atoms with Crippen LogP contribution < -0.4 is 0 Å². The highest BCUT2D eigenvalue weighted by molar-refractivity contribution is 6.28. The molecule has 0 heterocycles. The van der Waals surface area contributed by atoms with E-state index in [-0.39, 0.29) is 23.4 Å².